The van der Waals surface area contributed by atoms with Gasteiger partial charge in [0.05, 0.1) is 37.1 Å². The lowest BCUT2D eigenvalue weighted by Gasteiger charge is -2.63. The van der Waals surface area contributed by atoms with Crippen LogP contribution in [0.5, 0.6) is 0 Å². The van der Waals surface area contributed by atoms with Gasteiger partial charge in [-0.25, -0.2) is 4.79 Å². The molecule has 13 atom stereocenters. The highest BCUT2D eigenvalue weighted by Crippen LogP contribution is 2.89. The average Bonchev–Trinajstić information content (AvgIpc) is 3.61. The first kappa shape index (κ1) is 33.1. The number of hydrogen-bond donors (Lipinski definition) is 2. The number of aliphatic hydroxyl groups excluding tert-OH is 1. The maximum atomic E-state index is 13.2. The molecule has 2 saturated heterocycles. The van der Waals surface area contributed by atoms with Gasteiger partial charge in [0.25, 0.3) is 0 Å². The van der Waals surface area contributed by atoms with Crippen molar-refractivity contribution in [1.82, 2.24) is 4.90 Å². The number of aliphatic hydroxyl groups is 2. The van der Waals surface area contributed by atoms with E-state index in [2.05, 4.69) is 34.6 Å². The molecular formula is C37H59NO8. The van der Waals surface area contributed by atoms with Crippen LogP contribution in [0.25, 0.3) is 0 Å². The van der Waals surface area contributed by atoms with Gasteiger partial charge in [-0.1, -0.05) is 34.6 Å². The van der Waals surface area contributed by atoms with E-state index >= 15 is 0 Å². The van der Waals surface area contributed by atoms with Gasteiger partial charge in [0.2, 0.25) is 0 Å². The van der Waals surface area contributed by atoms with Crippen LogP contribution in [0.4, 0.5) is 4.79 Å². The number of hydrogen-bond acceptors (Lipinski definition) is 8. The molecule has 0 radical (unpaired) electrons. The summed E-state index contributed by atoms with van der Waals surface area (Å²) in [6, 6.07) is 0. The number of carbonyl (C=O) groups is 2. The molecule has 7 fully saturated rings. The minimum atomic E-state index is -1.27. The van der Waals surface area contributed by atoms with E-state index in [1.165, 1.54) is 19.8 Å². The van der Waals surface area contributed by atoms with Crippen molar-refractivity contribution in [2.45, 2.75) is 143 Å². The van der Waals surface area contributed by atoms with E-state index < -0.39 is 29.9 Å². The summed E-state index contributed by atoms with van der Waals surface area (Å²) >= 11 is 0. The second-order valence-electron chi connectivity index (χ2n) is 18.2. The van der Waals surface area contributed by atoms with Gasteiger partial charge in [0, 0.05) is 30.8 Å². The monoisotopic (exact) mass is 645 g/mol. The van der Waals surface area contributed by atoms with Crippen LogP contribution in [0.1, 0.15) is 107 Å². The zero-order valence-electron chi connectivity index (χ0n) is 29.5. The fraction of sp³-hybridized carbons (Fsp3) is 0.946. The maximum Gasteiger partial charge on any atom is 0.410 e. The number of nitrogens with zero attached hydrogens (tertiary/aromatic N) is 1. The van der Waals surface area contributed by atoms with Crippen molar-refractivity contribution in [3.8, 4) is 0 Å². The Morgan fingerprint density at radius 3 is 2.28 bits per heavy atom. The molecule has 7 rings (SSSR count). The Bertz CT molecular complexity index is 1240. The standard InChI is InChI=1S/C37H59NO8/c1-21-19-23(30(33(5,6)42)44-22(2)39)45-28-27(21)34(7)13-14-37-20-36(37)12-11-26(46-31(41)38-15-17-43-18-16-38)32(3,4)24(36)9-10-25(37)35(34,8)29(28)40/h21,23-30,40,42H,9-20H2,1-8H3/t21-,23?,24+,25?,26?,27+,28?,29+,30+,34-,35-,36-,37+/m1/s1. The first-order valence-corrected chi connectivity index (χ1v) is 18.2. The minimum Gasteiger partial charge on any atom is -0.457 e. The van der Waals surface area contributed by atoms with Crippen molar-refractivity contribution >= 4 is 12.1 Å². The summed E-state index contributed by atoms with van der Waals surface area (Å²) < 4.78 is 24.2. The van der Waals surface area contributed by atoms with Gasteiger partial charge in [-0.3, -0.25) is 4.79 Å². The van der Waals surface area contributed by atoms with Crippen molar-refractivity contribution in [1.29, 1.82) is 0 Å². The highest BCUT2D eigenvalue weighted by molar-refractivity contribution is 5.68. The number of ether oxygens (including phenoxy) is 4. The Hall–Kier alpha value is -1.42. The zero-order chi connectivity index (χ0) is 33.2. The lowest BCUT2D eigenvalue weighted by atomic mass is 9.41. The summed E-state index contributed by atoms with van der Waals surface area (Å²) in [7, 11) is 0. The van der Waals surface area contributed by atoms with Crippen molar-refractivity contribution in [2.75, 3.05) is 26.3 Å². The molecule has 2 N–H and O–H groups in total. The van der Waals surface area contributed by atoms with Crippen LogP contribution >= 0.6 is 0 Å². The molecule has 5 saturated carbocycles. The molecule has 1 amide bonds. The van der Waals surface area contributed by atoms with Gasteiger partial charge in [0.15, 0.2) is 6.10 Å². The fourth-order valence-electron chi connectivity index (χ4n) is 13.5. The van der Waals surface area contributed by atoms with Crippen LogP contribution in [0.2, 0.25) is 0 Å². The summed E-state index contributed by atoms with van der Waals surface area (Å²) in [6.45, 7) is 18.8. The number of rotatable bonds is 4. The SMILES string of the molecule is CC(=O)O[C@@H](C1C[C@@H](C)[C@H]2C(O1)[C@H](O)[C@@]1(C)C3CC[C@H]4C(C)(C)C(OC(=O)N5CCOCC5)CC[C@@]45C[C@@]35CC[C@]21C)C(C)(C)O. The molecule has 4 unspecified atom stereocenters. The molecular weight excluding hydrogens is 586 g/mol. The summed E-state index contributed by atoms with van der Waals surface area (Å²) in [6.07, 6.45) is 5.72. The van der Waals surface area contributed by atoms with E-state index in [1.54, 1.807) is 18.7 Å². The predicted molar refractivity (Wildman–Crippen MR) is 171 cm³/mol. The van der Waals surface area contributed by atoms with Gasteiger partial charge in [0.1, 0.15) is 6.10 Å². The molecule has 2 heterocycles. The van der Waals surface area contributed by atoms with E-state index in [4.69, 9.17) is 18.9 Å². The van der Waals surface area contributed by atoms with Crippen LogP contribution in [0.15, 0.2) is 0 Å². The van der Waals surface area contributed by atoms with Gasteiger partial charge in [-0.05, 0) is 105 Å². The largest absolute Gasteiger partial charge is 0.457 e. The smallest absolute Gasteiger partial charge is 0.410 e. The van der Waals surface area contributed by atoms with Gasteiger partial charge < -0.3 is 34.1 Å². The summed E-state index contributed by atoms with van der Waals surface area (Å²) in [5, 5.41) is 23.5. The van der Waals surface area contributed by atoms with Crippen LogP contribution < -0.4 is 0 Å². The molecule has 0 aromatic heterocycles. The molecule has 9 heteroatoms. The Kier molecular flexibility index (Phi) is 7.58. The fourth-order valence-corrected chi connectivity index (χ4v) is 13.5. The van der Waals surface area contributed by atoms with Crippen molar-refractivity contribution < 1.29 is 38.7 Å². The van der Waals surface area contributed by atoms with Crippen LogP contribution in [-0.2, 0) is 23.7 Å². The van der Waals surface area contributed by atoms with E-state index in [0.717, 1.165) is 32.1 Å². The average molecular weight is 646 g/mol. The van der Waals surface area contributed by atoms with E-state index in [-0.39, 0.29) is 57.2 Å². The lowest BCUT2D eigenvalue weighted by Crippen LogP contribution is -2.60. The molecule has 7 aliphatic rings. The number of morpholine rings is 1. The molecule has 46 heavy (non-hydrogen) atoms. The second-order valence-corrected chi connectivity index (χ2v) is 18.2. The third-order valence-electron chi connectivity index (χ3n) is 15.6. The van der Waals surface area contributed by atoms with Gasteiger partial charge in [-0.15, -0.1) is 0 Å². The first-order chi connectivity index (χ1) is 21.4. The van der Waals surface area contributed by atoms with Crippen LogP contribution in [-0.4, -0.2) is 89.6 Å². The van der Waals surface area contributed by atoms with E-state index in [9.17, 15) is 19.8 Å². The summed E-state index contributed by atoms with van der Waals surface area (Å²) in [4.78, 5) is 27.0. The maximum absolute atomic E-state index is 13.2. The summed E-state index contributed by atoms with van der Waals surface area (Å²) in [5.41, 5.74) is -1.35. The number of fused-ring (bicyclic) bond motifs is 4. The van der Waals surface area contributed by atoms with Gasteiger partial charge >= 0.3 is 12.1 Å². The Balaban J connectivity index is 1.14. The molecule has 0 bridgehead atoms. The molecule has 2 spiro atoms. The number of amides is 1. The Morgan fingerprint density at radius 1 is 0.978 bits per heavy atom. The van der Waals surface area contributed by atoms with Gasteiger partial charge in [-0.2, -0.15) is 0 Å². The normalized spacial score (nSPS) is 49.7. The number of esters is 1. The number of carbonyl (C=O) groups excluding carboxylic acids is 2. The quantitative estimate of drug-likeness (QED) is 0.394. The summed E-state index contributed by atoms with van der Waals surface area (Å²) in [5.74, 6) is 0.889. The molecule has 5 aliphatic carbocycles. The van der Waals surface area contributed by atoms with Crippen LogP contribution in [0.3, 0.4) is 0 Å². The molecule has 2 aliphatic heterocycles. The van der Waals surface area contributed by atoms with Crippen molar-refractivity contribution in [3.05, 3.63) is 0 Å². The third-order valence-corrected chi connectivity index (χ3v) is 15.6. The Morgan fingerprint density at radius 2 is 1.63 bits per heavy atom. The molecule has 260 valence electrons. The second kappa shape index (κ2) is 10.5. The zero-order valence-corrected chi connectivity index (χ0v) is 29.5. The van der Waals surface area contributed by atoms with E-state index in [1.807, 2.05) is 0 Å². The predicted octanol–water partition coefficient (Wildman–Crippen LogP) is 5.34. The molecule has 0 aromatic carbocycles. The highest BCUT2D eigenvalue weighted by atomic mass is 16.6. The third kappa shape index (κ3) is 4.32. The topological polar surface area (TPSA) is 115 Å². The minimum absolute atomic E-state index is 0.0833. The first-order valence-electron chi connectivity index (χ1n) is 18.2. The van der Waals surface area contributed by atoms with Crippen molar-refractivity contribution in [3.63, 3.8) is 0 Å². The highest BCUT2D eigenvalue weighted by Gasteiger charge is 2.84. The lowest BCUT2D eigenvalue weighted by molar-refractivity contribution is -0.216. The molecule has 0 aromatic rings. The molecule has 9 nitrogen and oxygen atoms in total. The van der Waals surface area contributed by atoms with E-state index in [0.29, 0.717) is 44.6 Å². The van der Waals surface area contributed by atoms with Crippen molar-refractivity contribution in [2.24, 2.45) is 50.7 Å². The van der Waals surface area contributed by atoms with Crippen LogP contribution in [0, 0.1) is 50.7 Å². The Labute approximate surface area is 275 Å².